The van der Waals surface area contributed by atoms with Gasteiger partial charge in [0, 0.05) is 0 Å². The van der Waals surface area contributed by atoms with E-state index in [1.54, 1.807) is 7.11 Å². The van der Waals surface area contributed by atoms with Gasteiger partial charge in [-0.15, -0.1) is 6.58 Å². The van der Waals surface area contributed by atoms with Gasteiger partial charge in [-0.3, -0.25) is 0 Å². The summed E-state index contributed by atoms with van der Waals surface area (Å²) in [4.78, 5) is 0. The zero-order valence-electron chi connectivity index (χ0n) is 11.9. The average Bonchev–Trinajstić information content (AvgIpc) is 2.44. The van der Waals surface area contributed by atoms with Crippen LogP contribution in [0, 0.1) is 0 Å². The number of para-hydroxylation sites is 1. The molecule has 0 aromatic heterocycles. The quantitative estimate of drug-likeness (QED) is 0.520. The van der Waals surface area contributed by atoms with E-state index in [1.165, 1.54) is 6.42 Å². The number of allylic oxidation sites excluding steroid dienone is 1. The number of nitrogens with two attached hydrogens (primary N) is 1. The van der Waals surface area contributed by atoms with Gasteiger partial charge in [0.15, 0.2) is 11.5 Å². The third-order valence-corrected chi connectivity index (χ3v) is 2.99. The van der Waals surface area contributed by atoms with Crippen LogP contribution in [0.1, 0.15) is 31.2 Å². The summed E-state index contributed by atoms with van der Waals surface area (Å²) in [6.45, 7) is 5.05. The number of unbranched alkanes of at least 4 members (excludes halogenated alkanes) is 3. The summed E-state index contributed by atoms with van der Waals surface area (Å²) in [5.41, 5.74) is 6.74. The summed E-state index contributed by atoms with van der Waals surface area (Å²) >= 11 is 0. The molecule has 0 atom stereocenters. The van der Waals surface area contributed by atoms with Gasteiger partial charge in [0.25, 0.3) is 0 Å². The third kappa shape index (κ3) is 5.35. The van der Waals surface area contributed by atoms with Crippen molar-refractivity contribution in [2.24, 2.45) is 5.73 Å². The minimum atomic E-state index is 0.614. The van der Waals surface area contributed by atoms with Crippen LogP contribution in [0.25, 0.3) is 0 Å². The maximum absolute atomic E-state index is 5.89. The van der Waals surface area contributed by atoms with Crippen LogP contribution in [-0.4, -0.2) is 20.3 Å². The molecule has 0 unspecified atom stereocenters. The first-order chi connectivity index (χ1) is 9.33. The number of hydrogen-bond acceptors (Lipinski definition) is 3. The Bertz CT molecular complexity index is 377. The van der Waals surface area contributed by atoms with E-state index in [1.807, 2.05) is 24.3 Å². The minimum Gasteiger partial charge on any atom is -0.493 e. The molecule has 1 aromatic carbocycles. The highest BCUT2D eigenvalue weighted by Gasteiger charge is 2.09. The van der Waals surface area contributed by atoms with E-state index < -0.39 is 0 Å². The van der Waals surface area contributed by atoms with Crippen LogP contribution in [0.2, 0.25) is 0 Å². The molecule has 0 aliphatic rings. The van der Waals surface area contributed by atoms with Gasteiger partial charge in [-0.25, -0.2) is 0 Å². The summed E-state index contributed by atoms with van der Waals surface area (Å²) < 4.78 is 11.2. The van der Waals surface area contributed by atoms with Gasteiger partial charge in [-0.2, -0.15) is 0 Å². The molecule has 0 aliphatic heterocycles. The van der Waals surface area contributed by atoms with E-state index in [0.29, 0.717) is 6.54 Å². The lowest BCUT2D eigenvalue weighted by atomic mass is 10.1. The zero-order valence-corrected chi connectivity index (χ0v) is 11.9. The summed E-state index contributed by atoms with van der Waals surface area (Å²) in [5, 5.41) is 0. The molecule has 106 valence electrons. The summed E-state index contributed by atoms with van der Waals surface area (Å²) in [7, 11) is 1.67. The van der Waals surface area contributed by atoms with Crippen LogP contribution in [0.3, 0.4) is 0 Å². The van der Waals surface area contributed by atoms with Crippen LogP contribution >= 0.6 is 0 Å². The first-order valence-electron chi connectivity index (χ1n) is 6.93. The van der Waals surface area contributed by atoms with E-state index in [4.69, 9.17) is 15.2 Å². The molecule has 0 saturated carbocycles. The second kappa shape index (κ2) is 9.45. The normalized spacial score (nSPS) is 10.2. The molecule has 19 heavy (non-hydrogen) atoms. The molecule has 3 nitrogen and oxygen atoms in total. The fraction of sp³-hybridized carbons (Fsp3) is 0.500. The molecular formula is C16H25NO2. The molecular weight excluding hydrogens is 238 g/mol. The maximum atomic E-state index is 5.89. The van der Waals surface area contributed by atoms with Crippen LogP contribution < -0.4 is 15.2 Å². The predicted molar refractivity (Wildman–Crippen MR) is 79.9 cm³/mol. The van der Waals surface area contributed by atoms with E-state index in [9.17, 15) is 0 Å². The molecule has 0 radical (unpaired) electrons. The molecule has 3 heteroatoms. The lowest BCUT2D eigenvalue weighted by molar-refractivity contribution is 0.282. The maximum Gasteiger partial charge on any atom is 0.164 e. The molecule has 0 amide bonds. The predicted octanol–water partition coefficient (Wildman–Crippen LogP) is 3.32. The van der Waals surface area contributed by atoms with E-state index in [2.05, 4.69) is 6.58 Å². The van der Waals surface area contributed by atoms with E-state index >= 15 is 0 Å². The monoisotopic (exact) mass is 263 g/mol. The Morgan fingerprint density at radius 1 is 1.26 bits per heavy atom. The Hall–Kier alpha value is -1.48. The second-order valence-corrected chi connectivity index (χ2v) is 4.47. The fourth-order valence-electron chi connectivity index (χ4n) is 1.98. The molecule has 2 N–H and O–H groups in total. The zero-order chi connectivity index (χ0) is 13.9. The standard InChI is InChI=1S/C16H25NO2/c1-3-4-5-6-7-13-19-16-14(11-12-17)9-8-10-15(16)18-2/h3,8-10H,1,4-7,11-13,17H2,2H3. The molecule has 0 bridgehead atoms. The Morgan fingerprint density at radius 2 is 2.11 bits per heavy atom. The Kier molecular flexibility index (Phi) is 7.75. The van der Waals surface area contributed by atoms with Crippen LogP contribution in [-0.2, 0) is 6.42 Å². The van der Waals surface area contributed by atoms with Crippen LogP contribution in [0.15, 0.2) is 30.9 Å². The molecule has 0 heterocycles. The van der Waals surface area contributed by atoms with Gasteiger partial charge in [0.2, 0.25) is 0 Å². The van der Waals surface area contributed by atoms with E-state index in [0.717, 1.165) is 49.4 Å². The molecule has 1 aromatic rings. The Morgan fingerprint density at radius 3 is 2.79 bits per heavy atom. The van der Waals surface area contributed by atoms with Gasteiger partial charge in [0.1, 0.15) is 0 Å². The first-order valence-corrected chi connectivity index (χ1v) is 6.93. The van der Waals surface area contributed by atoms with Crippen molar-refractivity contribution < 1.29 is 9.47 Å². The SMILES string of the molecule is C=CCCCCCOc1c(CCN)cccc1OC. The molecule has 0 spiro atoms. The topological polar surface area (TPSA) is 44.5 Å². The average molecular weight is 263 g/mol. The van der Waals surface area contributed by atoms with Gasteiger partial charge in [-0.1, -0.05) is 18.2 Å². The molecule has 0 fully saturated rings. The smallest absolute Gasteiger partial charge is 0.164 e. The number of methoxy groups -OCH3 is 1. The Labute approximate surface area is 116 Å². The number of rotatable bonds is 10. The van der Waals surface area contributed by atoms with Crippen molar-refractivity contribution in [3.8, 4) is 11.5 Å². The van der Waals surface area contributed by atoms with Crippen molar-refractivity contribution in [2.75, 3.05) is 20.3 Å². The highest BCUT2D eigenvalue weighted by Crippen LogP contribution is 2.31. The summed E-state index contributed by atoms with van der Waals surface area (Å²) in [6, 6.07) is 5.94. The van der Waals surface area contributed by atoms with Crippen molar-refractivity contribution in [1.29, 1.82) is 0 Å². The lowest BCUT2D eigenvalue weighted by Crippen LogP contribution is -2.07. The highest BCUT2D eigenvalue weighted by molar-refractivity contribution is 5.46. The third-order valence-electron chi connectivity index (χ3n) is 2.99. The van der Waals surface area contributed by atoms with Crippen molar-refractivity contribution in [3.05, 3.63) is 36.4 Å². The number of hydrogen-bond donors (Lipinski definition) is 1. The van der Waals surface area contributed by atoms with Crippen molar-refractivity contribution in [1.82, 2.24) is 0 Å². The van der Waals surface area contributed by atoms with Crippen molar-refractivity contribution >= 4 is 0 Å². The fourth-order valence-corrected chi connectivity index (χ4v) is 1.98. The van der Waals surface area contributed by atoms with Gasteiger partial charge < -0.3 is 15.2 Å². The van der Waals surface area contributed by atoms with Gasteiger partial charge in [0.05, 0.1) is 13.7 Å². The summed E-state index contributed by atoms with van der Waals surface area (Å²) in [5.74, 6) is 1.64. The minimum absolute atomic E-state index is 0.614. The number of ether oxygens (including phenoxy) is 2. The Balaban J connectivity index is 2.52. The summed E-state index contributed by atoms with van der Waals surface area (Å²) in [6.07, 6.45) is 7.23. The van der Waals surface area contributed by atoms with Gasteiger partial charge in [-0.05, 0) is 50.3 Å². The molecule has 1 rings (SSSR count). The first kappa shape index (κ1) is 15.6. The molecule has 0 saturated heterocycles. The second-order valence-electron chi connectivity index (χ2n) is 4.47. The van der Waals surface area contributed by atoms with E-state index in [-0.39, 0.29) is 0 Å². The number of benzene rings is 1. The van der Waals surface area contributed by atoms with Crippen molar-refractivity contribution in [3.63, 3.8) is 0 Å². The van der Waals surface area contributed by atoms with Crippen LogP contribution in [0.4, 0.5) is 0 Å². The van der Waals surface area contributed by atoms with Gasteiger partial charge >= 0.3 is 0 Å². The highest BCUT2D eigenvalue weighted by atomic mass is 16.5. The lowest BCUT2D eigenvalue weighted by Gasteiger charge is -2.14. The van der Waals surface area contributed by atoms with Crippen LogP contribution in [0.5, 0.6) is 11.5 Å². The molecule has 0 aliphatic carbocycles. The van der Waals surface area contributed by atoms with Crippen molar-refractivity contribution in [2.45, 2.75) is 32.1 Å². The largest absolute Gasteiger partial charge is 0.493 e.